The van der Waals surface area contributed by atoms with Crippen molar-refractivity contribution in [2.45, 2.75) is 4.90 Å². The number of aromatic hydroxyl groups is 2. The summed E-state index contributed by atoms with van der Waals surface area (Å²) in [6, 6.07) is 24.0. The standard InChI is InChI=1S/C8H8O2S.C7H9N.C6H6O/c9-6-1-2-7-8(5-6)11-4-3-10-7;1-8-7-5-3-2-4-6-7;7-6-4-2-1-3-5-6/h1-2,5,9H,3-4H2;2-6,8H,1H3;1-5,7H. The lowest BCUT2D eigenvalue weighted by atomic mass is 10.3. The molecule has 5 heteroatoms. The van der Waals surface area contributed by atoms with E-state index in [0.717, 1.165) is 28.7 Å². The van der Waals surface area contributed by atoms with Gasteiger partial charge < -0.3 is 20.3 Å². The predicted octanol–water partition coefficient (Wildman–Crippen LogP) is 5.00. The Morgan fingerprint density at radius 2 is 1.50 bits per heavy atom. The maximum atomic E-state index is 9.12. The van der Waals surface area contributed by atoms with Crippen molar-refractivity contribution >= 4 is 17.4 Å². The van der Waals surface area contributed by atoms with E-state index < -0.39 is 0 Å². The Hall–Kier alpha value is -2.79. The van der Waals surface area contributed by atoms with Crippen LogP contribution in [-0.2, 0) is 0 Å². The van der Waals surface area contributed by atoms with Gasteiger partial charge in [-0.1, -0.05) is 36.4 Å². The van der Waals surface area contributed by atoms with Crippen molar-refractivity contribution in [1.82, 2.24) is 0 Å². The second-order valence-electron chi connectivity index (χ2n) is 5.28. The average molecular weight is 369 g/mol. The first-order valence-electron chi connectivity index (χ1n) is 8.24. The van der Waals surface area contributed by atoms with E-state index >= 15 is 0 Å². The van der Waals surface area contributed by atoms with Crippen molar-refractivity contribution in [3.8, 4) is 17.2 Å². The Morgan fingerprint density at radius 3 is 2.04 bits per heavy atom. The lowest BCUT2D eigenvalue weighted by Crippen LogP contribution is -2.05. The predicted molar refractivity (Wildman–Crippen MR) is 108 cm³/mol. The Balaban J connectivity index is 0.000000145. The molecule has 0 radical (unpaired) electrons. The summed E-state index contributed by atoms with van der Waals surface area (Å²) < 4.78 is 5.35. The fourth-order valence-corrected chi connectivity index (χ4v) is 2.92. The van der Waals surface area contributed by atoms with Gasteiger partial charge >= 0.3 is 0 Å². The molecule has 0 unspecified atom stereocenters. The van der Waals surface area contributed by atoms with Gasteiger partial charge in [-0.2, -0.15) is 0 Å². The fraction of sp³-hybridized carbons (Fsp3) is 0.143. The molecule has 0 amide bonds. The van der Waals surface area contributed by atoms with Crippen LogP contribution >= 0.6 is 11.8 Å². The molecule has 0 bridgehead atoms. The van der Waals surface area contributed by atoms with Crippen molar-refractivity contribution < 1.29 is 14.9 Å². The Kier molecular flexibility index (Phi) is 8.23. The molecule has 1 aliphatic heterocycles. The maximum Gasteiger partial charge on any atom is 0.133 e. The third-order valence-electron chi connectivity index (χ3n) is 3.34. The number of hydrogen-bond acceptors (Lipinski definition) is 5. The van der Waals surface area contributed by atoms with Crippen LogP contribution in [0.3, 0.4) is 0 Å². The largest absolute Gasteiger partial charge is 0.508 e. The second kappa shape index (κ2) is 10.9. The number of phenols is 2. The molecule has 26 heavy (non-hydrogen) atoms. The van der Waals surface area contributed by atoms with Gasteiger partial charge in [0, 0.05) is 18.5 Å². The molecule has 4 nitrogen and oxygen atoms in total. The third kappa shape index (κ3) is 6.99. The van der Waals surface area contributed by atoms with Gasteiger partial charge in [0.1, 0.15) is 17.2 Å². The summed E-state index contributed by atoms with van der Waals surface area (Å²) in [5, 5.41) is 20.8. The highest BCUT2D eigenvalue weighted by Gasteiger charge is 2.10. The summed E-state index contributed by atoms with van der Waals surface area (Å²) in [5.41, 5.74) is 1.16. The Morgan fingerprint density at radius 1 is 0.846 bits per heavy atom. The molecule has 0 saturated carbocycles. The van der Waals surface area contributed by atoms with Crippen LogP contribution in [0.15, 0.2) is 83.8 Å². The van der Waals surface area contributed by atoms with Crippen LogP contribution in [0.5, 0.6) is 17.2 Å². The second-order valence-corrected chi connectivity index (χ2v) is 6.42. The topological polar surface area (TPSA) is 61.7 Å². The van der Waals surface area contributed by atoms with Gasteiger partial charge in [-0.3, -0.25) is 0 Å². The first kappa shape index (κ1) is 19.5. The number of ether oxygens (including phenoxy) is 1. The van der Waals surface area contributed by atoms with E-state index in [1.165, 1.54) is 0 Å². The lowest BCUT2D eigenvalue weighted by Gasteiger charge is -2.15. The zero-order chi connectivity index (χ0) is 18.6. The smallest absolute Gasteiger partial charge is 0.133 e. The molecular formula is C21H23NO3S. The van der Waals surface area contributed by atoms with Crippen molar-refractivity contribution in [2.75, 3.05) is 24.7 Å². The van der Waals surface area contributed by atoms with Gasteiger partial charge in [0.25, 0.3) is 0 Å². The number of nitrogens with one attached hydrogen (secondary N) is 1. The summed E-state index contributed by atoms with van der Waals surface area (Å²) in [7, 11) is 1.91. The SMILES string of the molecule is CNc1ccccc1.Oc1ccc2c(c1)SCCO2.Oc1ccccc1. The molecule has 0 saturated heterocycles. The van der Waals surface area contributed by atoms with E-state index in [4.69, 9.17) is 14.9 Å². The van der Waals surface area contributed by atoms with Crippen molar-refractivity contribution in [1.29, 1.82) is 0 Å². The van der Waals surface area contributed by atoms with Gasteiger partial charge in [0.05, 0.1) is 11.5 Å². The summed E-state index contributed by atoms with van der Waals surface area (Å²) >= 11 is 1.72. The van der Waals surface area contributed by atoms with E-state index in [1.54, 1.807) is 54.2 Å². The van der Waals surface area contributed by atoms with Crippen molar-refractivity contribution in [2.24, 2.45) is 0 Å². The zero-order valence-corrected chi connectivity index (χ0v) is 15.4. The highest BCUT2D eigenvalue weighted by molar-refractivity contribution is 7.99. The highest BCUT2D eigenvalue weighted by atomic mass is 32.2. The van der Waals surface area contributed by atoms with Gasteiger partial charge in [-0.05, 0) is 42.5 Å². The first-order valence-corrected chi connectivity index (χ1v) is 9.23. The molecule has 0 spiro atoms. The summed E-state index contributed by atoms with van der Waals surface area (Å²) in [6.45, 7) is 0.766. The van der Waals surface area contributed by atoms with Gasteiger partial charge in [-0.25, -0.2) is 0 Å². The molecule has 3 aromatic rings. The number of anilines is 1. The Labute approximate surface area is 158 Å². The fourth-order valence-electron chi connectivity index (χ4n) is 2.06. The number of rotatable bonds is 1. The maximum absolute atomic E-state index is 9.12. The molecular weight excluding hydrogens is 346 g/mol. The van der Waals surface area contributed by atoms with E-state index in [9.17, 15) is 0 Å². The molecule has 3 aromatic carbocycles. The number of thioether (sulfide) groups is 1. The number of benzene rings is 3. The van der Waals surface area contributed by atoms with Crippen LogP contribution < -0.4 is 10.1 Å². The minimum Gasteiger partial charge on any atom is -0.508 e. The quantitative estimate of drug-likeness (QED) is 0.564. The molecule has 0 aromatic heterocycles. The molecule has 0 atom stereocenters. The van der Waals surface area contributed by atoms with E-state index in [1.807, 2.05) is 43.4 Å². The first-order chi connectivity index (χ1) is 12.7. The molecule has 136 valence electrons. The molecule has 1 heterocycles. The monoisotopic (exact) mass is 369 g/mol. The van der Waals surface area contributed by atoms with E-state index in [0.29, 0.717) is 11.5 Å². The van der Waals surface area contributed by atoms with Gasteiger partial charge in [0.2, 0.25) is 0 Å². The normalized spacial score (nSPS) is 11.4. The molecule has 4 rings (SSSR count). The number of fused-ring (bicyclic) bond motifs is 1. The summed E-state index contributed by atoms with van der Waals surface area (Å²) in [5.74, 6) is 2.49. The highest BCUT2D eigenvalue weighted by Crippen LogP contribution is 2.35. The van der Waals surface area contributed by atoms with Crippen LogP contribution in [-0.4, -0.2) is 29.6 Å². The van der Waals surface area contributed by atoms with Crippen molar-refractivity contribution in [3.05, 3.63) is 78.9 Å². The summed E-state index contributed by atoms with van der Waals surface area (Å²) in [6.07, 6.45) is 0. The molecule has 0 fully saturated rings. The van der Waals surface area contributed by atoms with Crippen LogP contribution in [0.2, 0.25) is 0 Å². The minimum absolute atomic E-state index is 0.307. The molecule has 0 aliphatic carbocycles. The van der Waals surface area contributed by atoms with Gasteiger partial charge in [-0.15, -0.1) is 11.8 Å². The molecule has 3 N–H and O–H groups in total. The average Bonchev–Trinajstić information content (AvgIpc) is 2.70. The zero-order valence-electron chi connectivity index (χ0n) is 14.6. The van der Waals surface area contributed by atoms with Gasteiger partial charge in [0.15, 0.2) is 0 Å². The number of hydrogen-bond donors (Lipinski definition) is 3. The summed E-state index contributed by atoms with van der Waals surface area (Å²) in [4.78, 5) is 1.04. The Bertz CT molecular complexity index is 767. The minimum atomic E-state index is 0.307. The van der Waals surface area contributed by atoms with E-state index in [2.05, 4.69) is 5.32 Å². The van der Waals surface area contributed by atoms with Crippen LogP contribution in [0.25, 0.3) is 0 Å². The van der Waals surface area contributed by atoms with Crippen LogP contribution in [0, 0.1) is 0 Å². The third-order valence-corrected chi connectivity index (χ3v) is 4.35. The van der Waals surface area contributed by atoms with Crippen LogP contribution in [0.1, 0.15) is 0 Å². The van der Waals surface area contributed by atoms with E-state index in [-0.39, 0.29) is 0 Å². The number of phenolic OH excluding ortho intramolecular Hbond substituents is 2. The molecule has 1 aliphatic rings. The van der Waals surface area contributed by atoms with Crippen LogP contribution in [0.4, 0.5) is 5.69 Å². The number of para-hydroxylation sites is 2. The lowest BCUT2D eigenvalue weighted by molar-refractivity contribution is 0.328. The van der Waals surface area contributed by atoms with Crippen molar-refractivity contribution in [3.63, 3.8) is 0 Å².